The number of nitrogens with one attached hydrogen (secondary N) is 1. The number of benzene rings is 1. The first-order chi connectivity index (χ1) is 9.52. The first-order valence-electron chi connectivity index (χ1n) is 6.79. The van der Waals surface area contributed by atoms with Gasteiger partial charge >= 0.3 is 5.97 Å². The minimum absolute atomic E-state index is 0.0439. The van der Waals surface area contributed by atoms with Crippen LogP contribution in [0.15, 0.2) is 30.3 Å². The minimum atomic E-state index is -0.897. The summed E-state index contributed by atoms with van der Waals surface area (Å²) in [6.07, 6.45) is 4.65. The fourth-order valence-corrected chi connectivity index (χ4v) is 1.97. The zero-order chi connectivity index (χ0) is 15.0. The van der Waals surface area contributed by atoms with E-state index in [0.717, 1.165) is 17.5 Å². The molecule has 1 unspecified atom stereocenters. The molecule has 0 radical (unpaired) electrons. The molecule has 0 aliphatic rings. The van der Waals surface area contributed by atoms with Crippen molar-refractivity contribution in [2.75, 3.05) is 0 Å². The zero-order valence-corrected chi connectivity index (χ0v) is 11.9. The van der Waals surface area contributed by atoms with Gasteiger partial charge in [0.1, 0.15) is 0 Å². The maximum Gasteiger partial charge on any atom is 0.305 e. The maximum absolute atomic E-state index is 11.8. The molecule has 0 aliphatic carbocycles. The van der Waals surface area contributed by atoms with Gasteiger partial charge in [-0.2, -0.15) is 0 Å². The number of rotatable bonds is 7. The van der Waals surface area contributed by atoms with Gasteiger partial charge in [0.15, 0.2) is 0 Å². The quantitative estimate of drug-likeness (QED) is 0.752. The van der Waals surface area contributed by atoms with E-state index in [1.807, 2.05) is 38.1 Å². The van der Waals surface area contributed by atoms with Crippen LogP contribution in [0.3, 0.4) is 0 Å². The molecule has 0 aromatic heterocycles. The lowest BCUT2D eigenvalue weighted by Crippen LogP contribution is -2.35. The van der Waals surface area contributed by atoms with E-state index in [1.54, 1.807) is 6.08 Å². The molecule has 1 rings (SSSR count). The number of carbonyl (C=O) groups excluding carboxylic acids is 1. The van der Waals surface area contributed by atoms with E-state index in [9.17, 15) is 9.59 Å². The lowest BCUT2D eigenvalue weighted by molar-refractivity contribution is -0.137. The Hall–Kier alpha value is -2.10. The van der Waals surface area contributed by atoms with Crippen molar-refractivity contribution in [1.29, 1.82) is 0 Å². The summed E-state index contributed by atoms with van der Waals surface area (Å²) >= 11 is 0. The maximum atomic E-state index is 11.8. The molecule has 0 spiro atoms. The molecule has 0 saturated carbocycles. The zero-order valence-electron chi connectivity index (χ0n) is 11.9. The van der Waals surface area contributed by atoms with Crippen molar-refractivity contribution in [2.45, 2.75) is 39.2 Å². The van der Waals surface area contributed by atoms with Crippen LogP contribution in [0, 0.1) is 6.92 Å². The van der Waals surface area contributed by atoms with Gasteiger partial charge in [0.25, 0.3) is 0 Å². The SMILES string of the molecule is CCCC(CC(=O)O)NC(=O)/C=C/c1ccccc1C. The van der Waals surface area contributed by atoms with Gasteiger partial charge in [-0.1, -0.05) is 37.6 Å². The summed E-state index contributed by atoms with van der Waals surface area (Å²) in [5.41, 5.74) is 2.07. The van der Waals surface area contributed by atoms with Crippen LogP contribution in [0.4, 0.5) is 0 Å². The number of hydrogen-bond donors (Lipinski definition) is 2. The monoisotopic (exact) mass is 275 g/mol. The van der Waals surface area contributed by atoms with Crippen LogP contribution in [-0.2, 0) is 9.59 Å². The highest BCUT2D eigenvalue weighted by atomic mass is 16.4. The lowest BCUT2D eigenvalue weighted by atomic mass is 10.1. The molecule has 0 heterocycles. The highest BCUT2D eigenvalue weighted by Crippen LogP contribution is 2.09. The molecular formula is C16H21NO3. The van der Waals surface area contributed by atoms with Crippen molar-refractivity contribution in [3.05, 3.63) is 41.5 Å². The van der Waals surface area contributed by atoms with Crippen LogP contribution >= 0.6 is 0 Å². The second-order valence-electron chi connectivity index (χ2n) is 4.78. The predicted molar refractivity (Wildman–Crippen MR) is 79.3 cm³/mol. The Kier molecular flexibility index (Phi) is 6.50. The molecule has 0 aliphatic heterocycles. The lowest BCUT2D eigenvalue weighted by Gasteiger charge is -2.14. The number of hydrogen-bond acceptors (Lipinski definition) is 2. The smallest absolute Gasteiger partial charge is 0.305 e. The van der Waals surface area contributed by atoms with Gasteiger partial charge in [-0.3, -0.25) is 9.59 Å². The third-order valence-corrected chi connectivity index (χ3v) is 3.01. The Labute approximate surface area is 119 Å². The molecule has 108 valence electrons. The summed E-state index contributed by atoms with van der Waals surface area (Å²) in [5.74, 6) is -1.15. The van der Waals surface area contributed by atoms with Crippen LogP contribution in [0.2, 0.25) is 0 Å². The third kappa shape index (κ3) is 5.69. The van der Waals surface area contributed by atoms with E-state index in [1.165, 1.54) is 6.08 Å². The number of aliphatic carboxylic acids is 1. The van der Waals surface area contributed by atoms with Crippen molar-refractivity contribution in [2.24, 2.45) is 0 Å². The van der Waals surface area contributed by atoms with Crippen LogP contribution in [-0.4, -0.2) is 23.0 Å². The molecule has 4 heteroatoms. The molecule has 1 aromatic carbocycles. The summed E-state index contributed by atoms with van der Waals surface area (Å²) in [6.45, 7) is 3.94. The van der Waals surface area contributed by atoms with Gasteiger partial charge in [-0.05, 0) is 30.5 Å². The highest BCUT2D eigenvalue weighted by molar-refractivity contribution is 5.92. The van der Waals surface area contributed by atoms with Gasteiger partial charge in [-0.15, -0.1) is 0 Å². The summed E-state index contributed by atoms with van der Waals surface area (Å²) < 4.78 is 0. The molecule has 4 nitrogen and oxygen atoms in total. The highest BCUT2D eigenvalue weighted by Gasteiger charge is 2.13. The van der Waals surface area contributed by atoms with Crippen LogP contribution in [0.5, 0.6) is 0 Å². The van der Waals surface area contributed by atoms with Crippen LogP contribution in [0.25, 0.3) is 6.08 Å². The Balaban J connectivity index is 2.61. The van der Waals surface area contributed by atoms with Crippen LogP contribution < -0.4 is 5.32 Å². The number of carboxylic acids is 1. The summed E-state index contributed by atoms with van der Waals surface area (Å²) in [6, 6.07) is 7.44. The van der Waals surface area contributed by atoms with Gasteiger partial charge in [-0.25, -0.2) is 0 Å². The van der Waals surface area contributed by atoms with Gasteiger partial charge in [0.05, 0.1) is 6.42 Å². The third-order valence-electron chi connectivity index (χ3n) is 3.01. The molecule has 0 bridgehead atoms. The van der Waals surface area contributed by atoms with Crippen molar-refractivity contribution >= 4 is 18.0 Å². The average Bonchev–Trinajstić information content (AvgIpc) is 2.37. The summed E-state index contributed by atoms with van der Waals surface area (Å²) in [4.78, 5) is 22.5. The summed E-state index contributed by atoms with van der Waals surface area (Å²) in [5, 5.41) is 11.5. The van der Waals surface area contributed by atoms with Crippen molar-refractivity contribution in [3.8, 4) is 0 Å². The van der Waals surface area contributed by atoms with E-state index >= 15 is 0 Å². The molecule has 0 fully saturated rings. The fourth-order valence-electron chi connectivity index (χ4n) is 1.97. The minimum Gasteiger partial charge on any atom is -0.481 e. The van der Waals surface area contributed by atoms with E-state index in [-0.39, 0.29) is 18.4 Å². The Morgan fingerprint density at radius 1 is 1.35 bits per heavy atom. The molecule has 20 heavy (non-hydrogen) atoms. The number of carboxylic acid groups (broad SMARTS) is 1. The molecule has 1 atom stereocenters. The summed E-state index contributed by atoms with van der Waals surface area (Å²) in [7, 11) is 0. The van der Waals surface area contributed by atoms with E-state index < -0.39 is 5.97 Å². The van der Waals surface area contributed by atoms with Crippen molar-refractivity contribution in [3.63, 3.8) is 0 Å². The molecule has 1 aromatic rings. The standard InChI is InChI=1S/C16H21NO3/c1-3-6-14(11-16(19)20)17-15(18)10-9-13-8-5-4-7-12(13)2/h4-5,7-10,14H,3,6,11H2,1-2H3,(H,17,18)(H,19,20)/b10-9+. The second-order valence-corrected chi connectivity index (χ2v) is 4.78. The number of amides is 1. The van der Waals surface area contributed by atoms with Crippen molar-refractivity contribution in [1.82, 2.24) is 5.32 Å². The van der Waals surface area contributed by atoms with Gasteiger partial charge in [0, 0.05) is 12.1 Å². The molecule has 1 amide bonds. The number of aryl methyl sites for hydroxylation is 1. The molecular weight excluding hydrogens is 254 g/mol. The van der Waals surface area contributed by atoms with E-state index in [4.69, 9.17) is 5.11 Å². The first-order valence-corrected chi connectivity index (χ1v) is 6.79. The Morgan fingerprint density at radius 2 is 2.05 bits per heavy atom. The molecule has 2 N–H and O–H groups in total. The topological polar surface area (TPSA) is 66.4 Å². The second kappa shape index (κ2) is 8.15. The predicted octanol–water partition coefficient (Wildman–Crippen LogP) is 2.77. The van der Waals surface area contributed by atoms with E-state index in [2.05, 4.69) is 5.32 Å². The molecule has 0 saturated heterocycles. The van der Waals surface area contributed by atoms with Gasteiger partial charge in [0.2, 0.25) is 5.91 Å². The van der Waals surface area contributed by atoms with Gasteiger partial charge < -0.3 is 10.4 Å². The van der Waals surface area contributed by atoms with Crippen LogP contribution in [0.1, 0.15) is 37.3 Å². The fraction of sp³-hybridized carbons (Fsp3) is 0.375. The van der Waals surface area contributed by atoms with E-state index in [0.29, 0.717) is 6.42 Å². The Morgan fingerprint density at radius 3 is 2.65 bits per heavy atom. The normalized spacial score (nSPS) is 12.3. The largest absolute Gasteiger partial charge is 0.481 e. The van der Waals surface area contributed by atoms with Crippen molar-refractivity contribution < 1.29 is 14.7 Å². The Bertz CT molecular complexity index is 494. The number of carbonyl (C=O) groups is 2. The average molecular weight is 275 g/mol. The first kappa shape index (κ1) is 16.0.